The topological polar surface area (TPSA) is 29.5 Å². The lowest BCUT2D eigenvalue weighted by Gasteiger charge is -2.28. The molecule has 1 aliphatic rings. The van der Waals surface area contributed by atoms with E-state index < -0.39 is 24.8 Å². The predicted molar refractivity (Wildman–Crippen MR) is 60.1 cm³/mol. The minimum atomic E-state index is -4.34. The summed E-state index contributed by atoms with van der Waals surface area (Å²) >= 11 is 0. The maximum Gasteiger partial charge on any atom is 0.391 e. The highest BCUT2D eigenvalue weighted by atomic mass is 19.4. The van der Waals surface area contributed by atoms with Crippen molar-refractivity contribution >= 4 is 0 Å². The van der Waals surface area contributed by atoms with Gasteiger partial charge < -0.3 is 9.84 Å². The summed E-state index contributed by atoms with van der Waals surface area (Å²) in [4.78, 5) is 0. The van der Waals surface area contributed by atoms with Gasteiger partial charge in [-0.2, -0.15) is 13.2 Å². The maximum absolute atomic E-state index is 12.2. The van der Waals surface area contributed by atoms with Crippen molar-refractivity contribution in [2.45, 2.75) is 37.6 Å². The van der Waals surface area contributed by atoms with Crippen molar-refractivity contribution in [3.8, 4) is 0 Å². The van der Waals surface area contributed by atoms with Gasteiger partial charge in [-0.15, -0.1) is 0 Å². The number of hydrogen-bond acceptors (Lipinski definition) is 2. The zero-order valence-corrected chi connectivity index (χ0v) is 9.78. The lowest BCUT2D eigenvalue weighted by atomic mass is 9.93. The van der Waals surface area contributed by atoms with E-state index in [9.17, 15) is 18.3 Å². The van der Waals surface area contributed by atoms with Gasteiger partial charge in [-0.1, -0.05) is 24.3 Å². The van der Waals surface area contributed by atoms with E-state index in [0.717, 1.165) is 17.5 Å². The van der Waals surface area contributed by atoms with Crippen LogP contribution in [0.4, 0.5) is 13.2 Å². The van der Waals surface area contributed by atoms with Gasteiger partial charge in [0.25, 0.3) is 0 Å². The summed E-state index contributed by atoms with van der Waals surface area (Å²) < 4.78 is 41.9. The Labute approximate surface area is 103 Å². The molecule has 2 rings (SSSR count). The molecule has 1 aromatic carbocycles. The molecular weight excluding hydrogens is 245 g/mol. The molecule has 18 heavy (non-hydrogen) atoms. The fourth-order valence-electron chi connectivity index (χ4n) is 2.27. The lowest BCUT2D eigenvalue weighted by Crippen LogP contribution is -2.25. The number of halogens is 3. The Balaban J connectivity index is 2.03. The number of hydrogen-bond donors (Lipinski definition) is 1. The van der Waals surface area contributed by atoms with Gasteiger partial charge in [0.15, 0.2) is 0 Å². The molecule has 0 aliphatic carbocycles. The van der Waals surface area contributed by atoms with Gasteiger partial charge in [0.1, 0.15) is 0 Å². The molecule has 2 nitrogen and oxygen atoms in total. The highest BCUT2D eigenvalue weighted by Crippen LogP contribution is 2.33. The van der Waals surface area contributed by atoms with E-state index in [-0.39, 0.29) is 6.42 Å². The second-order valence-electron chi connectivity index (χ2n) is 4.52. The number of aliphatic hydroxyl groups is 1. The van der Waals surface area contributed by atoms with Gasteiger partial charge in [-0.05, 0) is 17.5 Å². The molecule has 0 amide bonds. The van der Waals surface area contributed by atoms with Gasteiger partial charge in [0.05, 0.1) is 25.2 Å². The molecule has 0 spiro atoms. The minimum Gasteiger partial charge on any atom is -0.393 e. The number of fused-ring (bicyclic) bond motifs is 1. The van der Waals surface area contributed by atoms with E-state index in [4.69, 9.17) is 4.74 Å². The van der Waals surface area contributed by atoms with Crippen LogP contribution in [0.2, 0.25) is 0 Å². The number of aliphatic hydroxyl groups excluding tert-OH is 1. The first-order valence-electron chi connectivity index (χ1n) is 5.90. The van der Waals surface area contributed by atoms with Crippen LogP contribution < -0.4 is 0 Å². The number of alkyl halides is 3. The van der Waals surface area contributed by atoms with Crippen LogP contribution in [0.15, 0.2) is 24.3 Å². The second kappa shape index (κ2) is 5.28. The summed E-state index contributed by atoms with van der Waals surface area (Å²) in [6.07, 6.45) is -6.63. The van der Waals surface area contributed by atoms with Crippen molar-refractivity contribution in [1.29, 1.82) is 0 Å². The van der Waals surface area contributed by atoms with Gasteiger partial charge in [-0.3, -0.25) is 0 Å². The van der Waals surface area contributed by atoms with Gasteiger partial charge in [-0.25, -0.2) is 0 Å². The minimum absolute atomic E-state index is 0.0173. The Hall–Kier alpha value is -1.07. The Morgan fingerprint density at radius 3 is 2.78 bits per heavy atom. The molecule has 1 aromatic rings. The predicted octanol–water partition coefficient (Wildman–Crippen LogP) is 3.00. The van der Waals surface area contributed by atoms with Crippen molar-refractivity contribution < 1.29 is 23.0 Å². The monoisotopic (exact) mass is 260 g/mol. The molecule has 5 heteroatoms. The van der Waals surface area contributed by atoms with Crippen molar-refractivity contribution in [3.05, 3.63) is 35.4 Å². The van der Waals surface area contributed by atoms with E-state index in [2.05, 4.69) is 0 Å². The van der Waals surface area contributed by atoms with Gasteiger partial charge in [0, 0.05) is 6.42 Å². The smallest absolute Gasteiger partial charge is 0.391 e. The first-order chi connectivity index (χ1) is 8.46. The molecular formula is C13H15F3O2. The zero-order valence-electron chi connectivity index (χ0n) is 9.78. The number of rotatable bonds is 3. The zero-order chi connectivity index (χ0) is 13.2. The van der Waals surface area contributed by atoms with Crippen molar-refractivity contribution in [2.75, 3.05) is 6.61 Å². The molecule has 1 aliphatic heterocycles. The summed E-state index contributed by atoms with van der Waals surface area (Å²) in [5.74, 6) is 0. The quantitative estimate of drug-likeness (QED) is 0.905. The van der Waals surface area contributed by atoms with Crippen molar-refractivity contribution in [3.63, 3.8) is 0 Å². The third kappa shape index (κ3) is 3.46. The Kier molecular flexibility index (Phi) is 3.92. The van der Waals surface area contributed by atoms with E-state index in [1.165, 1.54) is 0 Å². The van der Waals surface area contributed by atoms with Crippen LogP contribution in [-0.2, 0) is 11.2 Å². The van der Waals surface area contributed by atoms with Crippen LogP contribution in [0.5, 0.6) is 0 Å². The SMILES string of the molecule is OC(CC1OCCc2ccccc21)CC(F)(F)F. The molecule has 1 heterocycles. The van der Waals surface area contributed by atoms with Crippen LogP contribution in [0.25, 0.3) is 0 Å². The van der Waals surface area contributed by atoms with Crippen molar-refractivity contribution in [1.82, 2.24) is 0 Å². The molecule has 0 fully saturated rings. The van der Waals surface area contributed by atoms with E-state index in [0.29, 0.717) is 6.61 Å². The summed E-state index contributed by atoms with van der Waals surface area (Å²) in [6, 6.07) is 7.52. The standard InChI is InChI=1S/C13H15F3O2/c14-13(15,16)8-10(17)7-12-11-4-2-1-3-9(11)5-6-18-12/h1-4,10,12,17H,5-8H2. The third-order valence-corrected chi connectivity index (χ3v) is 3.05. The van der Waals surface area contributed by atoms with E-state index in [1.54, 1.807) is 0 Å². The summed E-state index contributed by atoms with van der Waals surface area (Å²) in [5.41, 5.74) is 1.98. The normalized spacial score (nSPS) is 21.4. The fraction of sp³-hybridized carbons (Fsp3) is 0.538. The molecule has 0 radical (unpaired) electrons. The average molecular weight is 260 g/mol. The molecule has 0 bridgehead atoms. The molecule has 1 N–H and O–H groups in total. The average Bonchev–Trinajstić information content (AvgIpc) is 2.27. The Morgan fingerprint density at radius 1 is 1.33 bits per heavy atom. The first-order valence-corrected chi connectivity index (χ1v) is 5.90. The lowest BCUT2D eigenvalue weighted by molar-refractivity contribution is -0.157. The molecule has 2 atom stereocenters. The Morgan fingerprint density at radius 2 is 2.06 bits per heavy atom. The molecule has 0 aromatic heterocycles. The summed E-state index contributed by atoms with van der Waals surface area (Å²) in [7, 11) is 0. The van der Waals surface area contributed by atoms with Crippen LogP contribution in [0.1, 0.15) is 30.1 Å². The van der Waals surface area contributed by atoms with Crippen LogP contribution in [0.3, 0.4) is 0 Å². The van der Waals surface area contributed by atoms with E-state index >= 15 is 0 Å². The van der Waals surface area contributed by atoms with Crippen molar-refractivity contribution in [2.24, 2.45) is 0 Å². The van der Waals surface area contributed by atoms with Crippen LogP contribution in [-0.4, -0.2) is 24.0 Å². The number of benzene rings is 1. The second-order valence-corrected chi connectivity index (χ2v) is 4.52. The summed E-state index contributed by atoms with van der Waals surface area (Å²) in [5, 5.41) is 9.46. The molecule has 2 unspecified atom stereocenters. The van der Waals surface area contributed by atoms with Gasteiger partial charge in [0.2, 0.25) is 0 Å². The summed E-state index contributed by atoms with van der Waals surface area (Å²) in [6.45, 7) is 0.487. The highest BCUT2D eigenvalue weighted by Gasteiger charge is 2.33. The fourth-order valence-corrected chi connectivity index (χ4v) is 2.27. The highest BCUT2D eigenvalue weighted by molar-refractivity contribution is 5.30. The van der Waals surface area contributed by atoms with E-state index in [1.807, 2.05) is 24.3 Å². The van der Waals surface area contributed by atoms with Gasteiger partial charge >= 0.3 is 6.18 Å². The molecule has 0 saturated heterocycles. The first kappa shape index (κ1) is 13.4. The molecule has 100 valence electrons. The number of ether oxygens (including phenoxy) is 1. The Bertz CT molecular complexity index is 403. The van der Waals surface area contributed by atoms with Crippen LogP contribution in [0, 0.1) is 0 Å². The molecule has 0 saturated carbocycles. The van der Waals surface area contributed by atoms with Crippen LogP contribution >= 0.6 is 0 Å². The maximum atomic E-state index is 12.2. The third-order valence-electron chi connectivity index (χ3n) is 3.05. The largest absolute Gasteiger partial charge is 0.393 e.